The minimum Gasteiger partial charge on any atom is -1.00 e. The van der Waals surface area contributed by atoms with E-state index in [0.717, 1.165) is 51.4 Å². The molecular formula is C47H46Cl2F2Zr-2. The molecule has 0 bridgehead atoms. The number of halogens is 4. The molecule has 0 heterocycles. The minimum atomic E-state index is -0.270. The van der Waals surface area contributed by atoms with Crippen LogP contribution in [-0.2, 0) is 41.5 Å². The quantitative estimate of drug-likeness (QED) is 0.179. The van der Waals surface area contributed by atoms with E-state index in [4.69, 9.17) is 0 Å². The van der Waals surface area contributed by atoms with Crippen LogP contribution in [0, 0.1) is 31.9 Å². The average Bonchev–Trinajstić information content (AvgIpc) is 3.64. The Morgan fingerprint density at radius 1 is 0.673 bits per heavy atom. The molecule has 0 unspecified atom stereocenters. The molecule has 0 radical (unpaired) electrons. The summed E-state index contributed by atoms with van der Waals surface area (Å²) in [6.45, 7) is 18.2. The van der Waals surface area contributed by atoms with Gasteiger partial charge in [-0.2, -0.15) is 23.3 Å². The largest absolute Gasteiger partial charge is 1.00 e. The van der Waals surface area contributed by atoms with E-state index in [1.54, 1.807) is 12.1 Å². The summed E-state index contributed by atoms with van der Waals surface area (Å²) in [5, 5.41) is 0. The Hall–Kier alpha value is -3.23. The summed E-state index contributed by atoms with van der Waals surface area (Å²) in [6.07, 6.45) is 9.28. The second-order valence-corrected chi connectivity index (χ2v) is 16.6. The van der Waals surface area contributed by atoms with Crippen molar-refractivity contribution in [2.24, 2.45) is 0 Å². The van der Waals surface area contributed by atoms with Crippen LogP contribution in [0.3, 0.4) is 0 Å². The van der Waals surface area contributed by atoms with Gasteiger partial charge in [0.25, 0.3) is 0 Å². The molecular weight excluding hydrogens is 765 g/mol. The van der Waals surface area contributed by atoms with E-state index in [1.807, 2.05) is 12.1 Å². The van der Waals surface area contributed by atoms with Crippen molar-refractivity contribution < 1.29 is 57.8 Å². The van der Waals surface area contributed by atoms with E-state index >= 15 is 0 Å². The Morgan fingerprint density at radius 3 is 1.69 bits per heavy atom. The molecule has 5 aromatic carbocycles. The van der Waals surface area contributed by atoms with Crippen molar-refractivity contribution in [1.82, 2.24) is 0 Å². The fourth-order valence-electron chi connectivity index (χ4n) is 7.35. The molecule has 0 amide bonds. The maximum atomic E-state index is 13.0. The molecule has 5 heteroatoms. The number of rotatable bonds is 2. The smallest absolute Gasteiger partial charge is 1.00 e. The molecule has 52 heavy (non-hydrogen) atoms. The maximum absolute atomic E-state index is 13.0. The first kappa shape index (κ1) is 41.5. The molecule has 8 rings (SSSR count). The molecule has 0 fully saturated rings. The maximum Gasteiger partial charge on any atom is -1.00 e. The standard InChI is InChI=1S/C27H29.C13H8F2.C7H9.2ClH.Zr/c1-16-7-9-26(3,4)24-12-18-11-19-13-25-21(17(2)8-10-27(25,5)6)15-23(19)22(18)14-20(16)24;14-12-5-1-3-10(8-12)7-11-4-2-6-13(15)9-11;1-6-3-4-7(2)5-6;;;/h7-9,12-15H,10-11H2,1-6H3;1-6,8-9H;3-5H,1-2H3;2*1H;/q-1;;-1;;;+2/p-2. The van der Waals surface area contributed by atoms with Gasteiger partial charge in [-0.3, -0.25) is 0 Å². The number of fused-ring (bicyclic) bond motifs is 5. The molecule has 3 aliphatic carbocycles. The Balaban J connectivity index is 0.000000205. The number of benzene rings is 4. The van der Waals surface area contributed by atoms with Crippen molar-refractivity contribution in [3.8, 4) is 11.1 Å². The molecule has 268 valence electrons. The third-order valence-electron chi connectivity index (χ3n) is 10.4. The SMILES string of the molecule is CC1=C[CH-]C(C)(C)c2cc3c(cc21)-c1cc2c(cc1C3)C(C)(C)CC=C2C.Cc1c[cH-]c(C)c1.Fc1cccc([C](=[Zr+2])c2cccc(F)c2)c1.[Cl-].[Cl-]. The van der Waals surface area contributed by atoms with Gasteiger partial charge in [0.15, 0.2) is 0 Å². The first-order valence-corrected chi connectivity index (χ1v) is 18.7. The average molecular weight is 811 g/mol. The van der Waals surface area contributed by atoms with Gasteiger partial charge in [-0.15, -0.1) is 12.5 Å². The first-order valence-electron chi connectivity index (χ1n) is 17.5. The zero-order valence-corrected chi connectivity index (χ0v) is 35.3. The van der Waals surface area contributed by atoms with Gasteiger partial charge in [0, 0.05) is 0 Å². The van der Waals surface area contributed by atoms with E-state index in [1.165, 1.54) is 91.0 Å². The molecule has 0 saturated carbocycles. The summed E-state index contributed by atoms with van der Waals surface area (Å²) in [6, 6.07) is 29.1. The fourth-order valence-corrected chi connectivity index (χ4v) is 8.11. The zero-order chi connectivity index (χ0) is 36.0. The van der Waals surface area contributed by atoms with Gasteiger partial charge in [0.05, 0.1) is 0 Å². The third kappa shape index (κ3) is 8.76. The molecule has 0 spiro atoms. The van der Waals surface area contributed by atoms with Crippen molar-refractivity contribution in [2.75, 3.05) is 0 Å². The topological polar surface area (TPSA) is 0 Å². The molecule has 0 aromatic heterocycles. The number of allylic oxidation sites excluding steroid dienone is 4. The molecule has 0 saturated heterocycles. The van der Waals surface area contributed by atoms with E-state index in [0.29, 0.717) is 0 Å². The minimum absolute atomic E-state index is 0. The summed E-state index contributed by atoms with van der Waals surface area (Å²) in [5.74, 6) is -0.539. The van der Waals surface area contributed by atoms with Crippen molar-refractivity contribution in [1.29, 1.82) is 0 Å². The van der Waals surface area contributed by atoms with Crippen LogP contribution in [-0.4, -0.2) is 3.21 Å². The Kier molecular flexibility index (Phi) is 13.1. The second-order valence-electron chi connectivity index (χ2n) is 15.4. The van der Waals surface area contributed by atoms with Crippen LogP contribution in [0.25, 0.3) is 22.3 Å². The van der Waals surface area contributed by atoms with Crippen LogP contribution >= 0.6 is 0 Å². The molecule has 3 aliphatic rings. The normalized spacial score (nSPS) is 15.1. The molecule has 0 nitrogen and oxygen atoms in total. The summed E-state index contributed by atoms with van der Waals surface area (Å²) in [4.78, 5) is 0. The number of hydrogen-bond donors (Lipinski definition) is 0. The van der Waals surface area contributed by atoms with Crippen LogP contribution < -0.4 is 24.8 Å². The second kappa shape index (κ2) is 16.4. The molecule has 0 N–H and O–H groups in total. The van der Waals surface area contributed by atoms with Crippen molar-refractivity contribution >= 4 is 14.4 Å². The summed E-state index contributed by atoms with van der Waals surface area (Å²) in [5.41, 5.74) is 19.3. The summed E-state index contributed by atoms with van der Waals surface area (Å²) < 4.78 is 27.0. The monoisotopic (exact) mass is 808 g/mol. The Morgan fingerprint density at radius 2 is 1.21 bits per heavy atom. The van der Waals surface area contributed by atoms with Crippen LogP contribution in [0.5, 0.6) is 0 Å². The van der Waals surface area contributed by atoms with Crippen molar-refractivity contribution in [3.63, 3.8) is 0 Å². The van der Waals surface area contributed by atoms with Gasteiger partial charge in [-0.25, -0.2) is 24.1 Å². The van der Waals surface area contributed by atoms with E-state index in [9.17, 15) is 8.78 Å². The molecule has 5 aromatic rings. The van der Waals surface area contributed by atoms with Gasteiger partial charge in [0.1, 0.15) is 0 Å². The predicted octanol–water partition coefficient (Wildman–Crippen LogP) is 6.35. The summed E-state index contributed by atoms with van der Waals surface area (Å²) in [7, 11) is 0. The van der Waals surface area contributed by atoms with Gasteiger partial charge in [0.2, 0.25) is 0 Å². The predicted molar refractivity (Wildman–Crippen MR) is 204 cm³/mol. The van der Waals surface area contributed by atoms with Gasteiger partial charge in [-0.05, 0) is 70.2 Å². The zero-order valence-electron chi connectivity index (χ0n) is 31.3. The van der Waals surface area contributed by atoms with Gasteiger partial charge >= 0.3 is 108 Å². The van der Waals surface area contributed by atoms with Crippen LogP contribution in [0.2, 0.25) is 0 Å². The van der Waals surface area contributed by atoms with Gasteiger partial charge < -0.3 is 24.8 Å². The molecule has 0 atom stereocenters. The van der Waals surface area contributed by atoms with E-state index < -0.39 is 0 Å². The third-order valence-corrected chi connectivity index (χ3v) is 11.8. The number of hydrogen-bond acceptors (Lipinski definition) is 0. The number of aryl methyl sites for hydroxylation is 2. The van der Waals surface area contributed by atoms with Crippen LogP contribution in [0.4, 0.5) is 8.78 Å². The van der Waals surface area contributed by atoms with Gasteiger partial charge in [-0.1, -0.05) is 76.8 Å². The Bertz CT molecular complexity index is 2030. The van der Waals surface area contributed by atoms with Crippen LogP contribution in [0.1, 0.15) is 104 Å². The first-order chi connectivity index (χ1) is 23.6. The Labute approximate surface area is 337 Å². The molecule has 0 aliphatic heterocycles. The fraction of sp³-hybridized carbons (Fsp3) is 0.255. The van der Waals surface area contributed by atoms with E-state index in [-0.39, 0.29) is 47.3 Å². The van der Waals surface area contributed by atoms with Crippen molar-refractivity contribution in [2.45, 2.75) is 79.1 Å². The van der Waals surface area contributed by atoms with Crippen molar-refractivity contribution in [3.05, 3.63) is 177 Å². The van der Waals surface area contributed by atoms with E-state index in [2.05, 4.69) is 116 Å². The summed E-state index contributed by atoms with van der Waals surface area (Å²) >= 11 is 1.13. The van der Waals surface area contributed by atoms with Crippen LogP contribution in [0.15, 0.2) is 103 Å².